The third-order valence-electron chi connectivity index (χ3n) is 3.05. The van der Waals surface area contributed by atoms with Crippen LogP contribution in [0.25, 0.3) is 0 Å². The van der Waals surface area contributed by atoms with E-state index in [1.54, 1.807) is 0 Å². The van der Waals surface area contributed by atoms with Gasteiger partial charge in [0, 0.05) is 0 Å². The molecule has 0 aromatic rings. The van der Waals surface area contributed by atoms with Gasteiger partial charge in [0.1, 0.15) is 0 Å². The first-order valence-corrected chi connectivity index (χ1v) is 9.07. The predicted octanol–water partition coefficient (Wildman–Crippen LogP) is 5.49. The molecular weight excluding hydrogens is 212 g/mol. The molecule has 0 fully saturated rings. The Morgan fingerprint density at radius 2 is 1.25 bits per heavy atom. The molecular formula is C15H30S. The van der Waals surface area contributed by atoms with Gasteiger partial charge < -0.3 is 0 Å². The Morgan fingerprint density at radius 3 is 1.50 bits per heavy atom. The van der Waals surface area contributed by atoms with Gasteiger partial charge in [-0.2, -0.15) is 0 Å². The molecule has 0 unspecified atom stereocenters. The van der Waals surface area contributed by atoms with Gasteiger partial charge in [-0.15, -0.1) is 5.73 Å². The molecule has 0 saturated carbocycles. The smallest absolute Gasteiger partial charge is 0.00485 e. The van der Waals surface area contributed by atoms with Crippen molar-refractivity contribution in [1.29, 1.82) is 0 Å². The average Bonchev–Trinajstić information content (AvgIpc) is 2.31. The van der Waals surface area contributed by atoms with Gasteiger partial charge in [0.05, 0.1) is 0 Å². The minimum Gasteiger partial charge on any atom is -0.214 e. The summed E-state index contributed by atoms with van der Waals surface area (Å²) in [4.78, 5) is 0. The van der Waals surface area contributed by atoms with E-state index in [1.165, 1.54) is 55.8 Å². The summed E-state index contributed by atoms with van der Waals surface area (Å²) in [6.45, 7) is 10.7. The Labute approximate surface area is 105 Å². The number of unbranched alkanes of at least 4 members (excludes halogenated alkanes) is 3. The van der Waals surface area contributed by atoms with Gasteiger partial charge >= 0.3 is 0 Å². The van der Waals surface area contributed by atoms with Crippen LogP contribution in [0.4, 0.5) is 0 Å². The van der Waals surface area contributed by atoms with Crippen LogP contribution in [0.3, 0.4) is 0 Å². The van der Waals surface area contributed by atoms with Crippen molar-refractivity contribution >= 4 is 10.0 Å². The molecule has 0 rings (SSSR count). The van der Waals surface area contributed by atoms with E-state index in [0.717, 1.165) is 0 Å². The summed E-state index contributed by atoms with van der Waals surface area (Å²) in [5.41, 5.74) is 3.10. The van der Waals surface area contributed by atoms with E-state index in [1.807, 2.05) is 0 Å². The summed E-state index contributed by atoms with van der Waals surface area (Å²) >= 11 is 0. The molecule has 1 heteroatoms. The van der Waals surface area contributed by atoms with Gasteiger partial charge in [-0.05, 0) is 41.9 Å². The molecule has 0 saturated heterocycles. The minimum atomic E-state index is -0.532. The summed E-state index contributed by atoms with van der Waals surface area (Å²) in [6.07, 6.45) is 8.08. The predicted molar refractivity (Wildman–Crippen MR) is 80.6 cm³/mol. The quantitative estimate of drug-likeness (QED) is 0.444. The van der Waals surface area contributed by atoms with Gasteiger partial charge in [-0.3, -0.25) is 0 Å². The molecule has 0 heterocycles. The first kappa shape index (κ1) is 15.9. The van der Waals surface area contributed by atoms with E-state index in [9.17, 15) is 0 Å². The van der Waals surface area contributed by atoms with E-state index in [-0.39, 0.29) is 0 Å². The number of rotatable bonds is 10. The van der Waals surface area contributed by atoms with Gasteiger partial charge in [0.15, 0.2) is 0 Å². The molecule has 0 radical (unpaired) electrons. The Balaban J connectivity index is 4.51. The van der Waals surface area contributed by atoms with E-state index in [0.29, 0.717) is 0 Å². The zero-order chi connectivity index (χ0) is 12.3. The normalized spacial score (nSPS) is 12.2. The van der Waals surface area contributed by atoms with Gasteiger partial charge in [0.25, 0.3) is 0 Å². The highest BCUT2D eigenvalue weighted by molar-refractivity contribution is 8.36. The third-order valence-corrected chi connectivity index (χ3v) is 7.02. The fourth-order valence-corrected chi connectivity index (χ4v) is 5.87. The first-order valence-electron chi connectivity index (χ1n) is 6.87. The second-order valence-electron chi connectivity index (χ2n) is 4.61. The second kappa shape index (κ2) is 10.1. The molecule has 0 aliphatic heterocycles. The Kier molecular flexibility index (Phi) is 9.97. The highest BCUT2D eigenvalue weighted by Gasteiger charge is 2.19. The highest BCUT2D eigenvalue weighted by Crippen LogP contribution is 2.51. The van der Waals surface area contributed by atoms with Crippen molar-refractivity contribution in [2.24, 2.45) is 0 Å². The Morgan fingerprint density at radius 1 is 0.875 bits per heavy atom. The van der Waals surface area contributed by atoms with Crippen LogP contribution < -0.4 is 0 Å². The minimum absolute atomic E-state index is 0.532. The van der Waals surface area contributed by atoms with Crippen LogP contribution in [0.1, 0.15) is 59.3 Å². The third kappa shape index (κ3) is 6.45. The van der Waals surface area contributed by atoms with Gasteiger partial charge in [-0.1, -0.05) is 46.6 Å². The monoisotopic (exact) mass is 242 g/mol. The molecule has 0 N–H and O–H groups in total. The molecule has 0 atom stereocenters. The van der Waals surface area contributed by atoms with Crippen molar-refractivity contribution < 1.29 is 0 Å². The maximum atomic E-state index is 3.81. The summed E-state index contributed by atoms with van der Waals surface area (Å²) < 4.78 is 0. The molecule has 96 valence electrons. The molecule has 0 bridgehead atoms. The lowest BCUT2D eigenvalue weighted by Crippen LogP contribution is -2.11. The van der Waals surface area contributed by atoms with Crippen LogP contribution in [-0.2, 0) is 0 Å². The zero-order valence-corrected chi connectivity index (χ0v) is 12.4. The Hall–Kier alpha value is -0.130. The Bertz CT molecular complexity index is 180. The first-order chi connectivity index (χ1) is 7.74. The number of hydrogen-bond donors (Lipinski definition) is 0. The van der Waals surface area contributed by atoms with Gasteiger partial charge in [0.2, 0.25) is 0 Å². The molecule has 0 aromatic heterocycles. The van der Waals surface area contributed by atoms with E-state index in [4.69, 9.17) is 0 Å². The molecule has 0 aromatic carbocycles. The van der Waals surface area contributed by atoms with Gasteiger partial charge in [-0.25, -0.2) is 10.0 Å². The van der Waals surface area contributed by atoms with Crippen LogP contribution >= 0.6 is 10.0 Å². The van der Waals surface area contributed by atoms with Crippen LogP contribution in [0.15, 0.2) is 17.7 Å². The fourth-order valence-electron chi connectivity index (χ4n) is 1.96. The van der Waals surface area contributed by atoms with Crippen LogP contribution in [0, 0.1) is 0 Å². The molecule has 0 nitrogen and oxygen atoms in total. The summed E-state index contributed by atoms with van der Waals surface area (Å²) in [5.74, 6) is 4.23. The highest BCUT2D eigenvalue weighted by atomic mass is 32.3. The van der Waals surface area contributed by atoms with Crippen molar-refractivity contribution in [2.45, 2.75) is 59.3 Å². The zero-order valence-electron chi connectivity index (χ0n) is 11.6. The molecule has 16 heavy (non-hydrogen) atoms. The van der Waals surface area contributed by atoms with E-state index in [2.05, 4.69) is 38.5 Å². The average molecular weight is 242 g/mol. The maximum absolute atomic E-state index is 3.81. The maximum Gasteiger partial charge on any atom is -0.00485 e. The van der Waals surface area contributed by atoms with Crippen molar-refractivity contribution in [1.82, 2.24) is 0 Å². The lowest BCUT2D eigenvalue weighted by molar-refractivity contribution is 0.850. The number of hydrogen-bond acceptors (Lipinski definition) is 0. The van der Waals surface area contributed by atoms with Crippen LogP contribution in [-0.4, -0.2) is 17.3 Å². The second-order valence-corrected chi connectivity index (χ2v) is 8.29. The van der Waals surface area contributed by atoms with Crippen LogP contribution in [0.2, 0.25) is 0 Å². The van der Waals surface area contributed by atoms with Crippen molar-refractivity contribution in [2.75, 3.05) is 17.3 Å². The topological polar surface area (TPSA) is 0 Å². The summed E-state index contributed by atoms with van der Waals surface area (Å²) in [7, 11) is -0.532. The van der Waals surface area contributed by atoms with Crippen molar-refractivity contribution in [3.63, 3.8) is 0 Å². The molecule has 0 amide bonds. The SMILES string of the molecule is C=C=CS(CCCC)(CCCC)CCCC. The van der Waals surface area contributed by atoms with Crippen molar-refractivity contribution in [3.05, 3.63) is 17.7 Å². The fraction of sp³-hybridized carbons (Fsp3) is 0.800. The lowest BCUT2D eigenvalue weighted by atomic mass is 10.4. The molecule has 0 aliphatic carbocycles. The molecule has 0 aliphatic rings. The largest absolute Gasteiger partial charge is 0.214 e. The van der Waals surface area contributed by atoms with E-state index >= 15 is 0 Å². The van der Waals surface area contributed by atoms with Crippen molar-refractivity contribution in [3.8, 4) is 0 Å². The van der Waals surface area contributed by atoms with E-state index < -0.39 is 10.0 Å². The van der Waals surface area contributed by atoms with Crippen LogP contribution in [0.5, 0.6) is 0 Å². The lowest BCUT2D eigenvalue weighted by Gasteiger charge is -2.36. The summed E-state index contributed by atoms with van der Waals surface area (Å²) in [6, 6.07) is 0. The summed E-state index contributed by atoms with van der Waals surface area (Å²) in [5, 5.41) is 2.36. The molecule has 0 spiro atoms. The standard InChI is InChI=1S/C15H30S/c1-5-9-13-16(12-8-4,14-10-6-2)15-11-7-3/h12H,4-7,9-11,13-15H2,1-3H3.